The second-order valence-electron chi connectivity index (χ2n) is 3.79. The van der Waals surface area contributed by atoms with Crippen LogP contribution in [0.4, 0.5) is 0 Å². The lowest BCUT2D eigenvalue weighted by atomic mass is 10.1. The summed E-state index contributed by atoms with van der Waals surface area (Å²) in [7, 11) is 0. The van der Waals surface area contributed by atoms with Crippen molar-refractivity contribution in [3.05, 3.63) is 46.8 Å². The van der Waals surface area contributed by atoms with Crippen molar-refractivity contribution >= 4 is 11.6 Å². The Balaban J connectivity index is 2.14. The Morgan fingerprint density at radius 2 is 2.35 bits per heavy atom. The van der Waals surface area contributed by atoms with Crippen LogP contribution in [-0.2, 0) is 6.61 Å². The SMILES string of the molecule is CC(N)c1cc(Cl)ccc1OCc1cnoc1. The summed E-state index contributed by atoms with van der Waals surface area (Å²) in [5.74, 6) is 0.727. The molecule has 1 atom stereocenters. The molecule has 17 heavy (non-hydrogen) atoms. The molecule has 2 rings (SSSR count). The predicted octanol–water partition coefficient (Wildman–Crippen LogP) is 2.93. The van der Waals surface area contributed by atoms with Crippen molar-refractivity contribution in [1.82, 2.24) is 5.16 Å². The lowest BCUT2D eigenvalue weighted by Crippen LogP contribution is -2.08. The van der Waals surface area contributed by atoms with E-state index in [2.05, 4.69) is 5.16 Å². The van der Waals surface area contributed by atoms with Crippen LogP contribution in [0, 0.1) is 0 Å². The molecule has 0 fully saturated rings. The maximum atomic E-state index is 5.92. The number of hydrogen-bond donors (Lipinski definition) is 1. The van der Waals surface area contributed by atoms with Gasteiger partial charge in [-0.3, -0.25) is 0 Å². The Kier molecular flexibility index (Phi) is 3.66. The van der Waals surface area contributed by atoms with Crippen LogP contribution >= 0.6 is 11.6 Å². The maximum Gasteiger partial charge on any atom is 0.130 e. The van der Waals surface area contributed by atoms with E-state index in [1.165, 1.54) is 0 Å². The molecule has 0 bridgehead atoms. The van der Waals surface area contributed by atoms with Gasteiger partial charge < -0.3 is 15.0 Å². The third-order valence-corrected chi connectivity index (χ3v) is 2.58. The van der Waals surface area contributed by atoms with Crippen LogP contribution in [0.2, 0.25) is 5.02 Å². The first-order valence-electron chi connectivity index (χ1n) is 5.23. The molecule has 1 aromatic heterocycles. The van der Waals surface area contributed by atoms with E-state index in [1.54, 1.807) is 18.5 Å². The Labute approximate surface area is 104 Å². The number of nitrogens with two attached hydrogens (primary N) is 1. The number of ether oxygens (including phenoxy) is 1. The molecule has 2 N–H and O–H groups in total. The van der Waals surface area contributed by atoms with Gasteiger partial charge in [0, 0.05) is 22.2 Å². The summed E-state index contributed by atoms with van der Waals surface area (Å²) in [6, 6.07) is 5.27. The quantitative estimate of drug-likeness (QED) is 0.909. The van der Waals surface area contributed by atoms with Crippen molar-refractivity contribution in [3.63, 3.8) is 0 Å². The van der Waals surface area contributed by atoms with E-state index in [1.807, 2.05) is 19.1 Å². The Morgan fingerprint density at radius 1 is 1.53 bits per heavy atom. The number of rotatable bonds is 4. The van der Waals surface area contributed by atoms with Gasteiger partial charge in [0.15, 0.2) is 0 Å². The second kappa shape index (κ2) is 5.21. The van der Waals surface area contributed by atoms with Gasteiger partial charge in [0.1, 0.15) is 18.6 Å². The van der Waals surface area contributed by atoms with Crippen LogP contribution in [0.1, 0.15) is 24.1 Å². The largest absolute Gasteiger partial charge is 0.488 e. The van der Waals surface area contributed by atoms with Gasteiger partial charge in [0.25, 0.3) is 0 Å². The van der Waals surface area contributed by atoms with Crippen LogP contribution in [-0.4, -0.2) is 5.16 Å². The summed E-state index contributed by atoms with van der Waals surface area (Å²) in [5.41, 5.74) is 7.62. The van der Waals surface area contributed by atoms with Crippen LogP contribution in [0.15, 0.2) is 35.2 Å². The third-order valence-electron chi connectivity index (χ3n) is 2.34. The Hall–Kier alpha value is -1.52. The highest BCUT2D eigenvalue weighted by Gasteiger charge is 2.09. The predicted molar refractivity (Wildman–Crippen MR) is 64.9 cm³/mol. The minimum absolute atomic E-state index is 0.133. The van der Waals surface area contributed by atoms with Crippen LogP contribution in [0.3, 0.4) is 0 Å². The molecule has 0 aliphatic heterocycles. The third kappa shape index (κ3) is 2.99. The summed E-state index contributed by atoms with van der Waals surface area (Å²) >= 11 is 5.92. The molecular formula is C12H13ClN2O2. The zero-order chi connectivity index (χ0) is 12.3. The van der Waals surface area contributed by atoms with Crippen molar-refractivity contribution in [1.29, 1.82) is 0 Å². The van der Waals surface area contributed by atoms with Crippen LogP contribution < -0.4 is 10.5 Å². The molecule has 0 spiro atoms. The van der Waals surface area contributed by atoms with Crippen molar-refractivity contribution in [2.24, 2.45) is 5.73 Å². The topological polar surface area (TPSA) is 61.3 Å². The lowest BCUT2D eigenvalue weighted by Gasteiger charge is -2.13. The molecule has 1 unspecified atom stereocenters. The molecule has 0 aliphatic rings. The fourth-order valence-electron chi connectivity index (χ4n) is 1.47. The zero-order valence-electron chi connectivity index (χ0n) is 9.39. The molecule has 0 amide bonds. The molecule has 2 aromatic rings. The number of aromatic nitrogens is 1. The lowest BCUT2D eigenvalue weighted by molar-refractivity contribution is 0.300. The summed E-state index contributed by atoms with van der Waals surface area (Å²) in [5, 5.41) is 4.25. The van der Waals surface area contributed by atoms with E-state index in [9.17, 15) is 0 Å². The van der Waals surface area contributed by atoms with Crippen molar-refractivity contribution in [3.8, 4) is 5.75 Å². The van der Waals surface area contributed by atoms with E-state index in [0.29, 0.717) is 11.6 Å². The number of benzene rings is 1. The monoisotopic (exact) mass is 252 g/mol. The highest BCUT2D eigenvalue weighted by molar-refractivity contribution is 6.30. The van der Waals surface area contributed by atoms with Crippen molar-refractivity contribution in [2.45, 2.75) is 19.6 Å². The Morgan fingerprint density at radius 3 is 3.00 bits per heavy atom. The number of halogens is 1. The zero-order valence-corrected chi connectivity index (χ0v) is 10.1. The molecule has 4 nitrogen and oxygen atoms in total. The molecule has 0 radical (unpaired) electrons. The van der Waals surface area contributed by atoms with Crippen molar-refractivity contribution < 1.29 is 9.26 Å². The highest BCUT2D eigenvalue weighted by Crippen LogP contribution is 2.27. The molecule has 1 heterocycles. The molecule has 0 aliphatic carbocycles. The van der Waals surface area contributed by atoms with Gasteiger partial charge in [-0.1, -0.05) is 16.8 Å². The molecule has 0 saturated heterocycles. The smallest absolute Gasteiger partial charge is 0.130 e. The second-order valence-corrected chi connectivity index (χ2v) is 4.23. The maximum absolute atomic E-state index is 5.92. The summed E-state index contributed by atoms with van der Waals surface area (Å²) in [6.07, 6.45) is 3.16. The molecule has 90 valence electrons. The van der Waals surface area contributed by atoms with E-state index < -0.39 is 0 Å². The first kappa shape index (κ1) is 12.0. The molecule has 1 aromatic carbocycles. The minimum atomic E-state index is -0.133. The fourth-order valence-corrected chi connectivity index (χ4v) is 1.65. The van der Waals surface area contributed by atoms with Crippen molar-refractivity contribution in [2.75, 3.05) is 0 Å². The first-order valence-corrected chi connectivity index (χ1v) is 5.60. The normalized spacial score (nSPS) is 12.4. The van der Waals surface area contributed by atoms with Gasteiger partial charge in [0.2, 0.25) is 0 Å². The highest BCUT2D eigenvalue weighted by atomic mass is 35.5. The first-order chi connectivity index (χ1) is 8.16. The molecule has 0 saturated carbocycles. The van der Waals surface area contributed by atoms with Crippen LogP contribution in [0.25, 0.3) is 0 Å². The van der Waals surface area contributed by atoms with E-state index in [4.69, 9.17) is 26.6 Å². The Bertz CT molecular complexity index is 483. The average molecular weight is 253 g/mol. The summed E-state index contributed by atoms with van der Waals surface area (Å²) in [6.45, 7) is 2.28. The minimum Gasteiger partial charge on any atom is -0.488 e. The molecular weight excluding hydrogens is 240 g/mol. The standard InChI is InChI=1S/C12H13ClN2O2/c1-8(14)11-4-10(13)2-3-12(11)16-6-9-5-15-17-7-9/h2-5,7-8H,6,14H2,1H3. The van der Waals surface area contributed by atoms with Gasteiger partial charge in [-0.15, -0.1) is 0 Å². The van der Waals surface area contributed by atoms with E-state index >= 15 is 0 Å². The average Bonchev–Trinajstić information content (AvgIpc) is 2.80. The van der Waals surface area contributed by atoms with Gasteiger partial charge in [-0.2, -0.15) is 0 Å². The van der Waals surface area contributed by atoms with E-state index in [-0.39, 0.29) is 6.04 Å². The van der Waals surface area contributed by atoms with E-state index in [0.717, 1.165) is 16.9 Å². The van der Waals surface area contributed by atoms with Crippen LogP contribution in [0.5, 0.6) is 5.75 Å². The summed E-state index contributed by atoms with van der Waals surface area (Å²) < 4.78 is 10.4. The number of nitrogens with zero attached hydrogens (tertiary/aromatic N) is 1. The van der Waals surface area contributed by atoms with Gasteiger partial charge in [-0.05, 0) is 25.1 Å². The molecule has 5 heteroatoms. The van der Waals surface area contributed by atoms with Gasteiger partial charge in [0.05, 0.1) is 6.20 Å². The van der Waals surface area contributed by atoms with Gasteiger partial charge in [-0.25, -0.2) is 0 Å². The van der Waals surface area contributed by atoms with Gasteiger partial charge >= 0.3 is 0 Å². The summed E-state index contributed by atoms with van der Waals surface area (Å²) in [4.78, 5) is 0. The fraction of sp³-hybridized carbons (Fsp3) is 0.250. The number of hydrogen-bond acceptors (Lipinski definition) is 4.